The van der Waals surface area contributed by atoms with Crippen molar-refractivity contribution >= 4 is 0 Å². The van der Waals surface area contributed by atoms with Gasteiger partial charge in [0, 0.05) is 6.04 Å². The Labute approximate surface area is 82.3 Å². The van der Waals surface area contributed by atoms with Crippen molar-refractivity contribution in [3.05, 3.63) is 0 Å². The molecule has 1 aliphatic rings. The molecule has 1 rings (SSSR count). The largest absolute Gasteiger partial charge is 0.330 e. The van der Waals surface area contributed by atoms with Crippen molar-refractivity contribution in [2.24, 2.45) is 11.7 Å². The second-order valence-electron chi connectivity index (χ2n) is 4.41. The Morgan fingerprint density at radius 1 is 1.38 bits per heavy atom. The van der Waals surface area contributed by atoms with Gasteiger partial charge in [0.2, 0.25) is 0 Å². The lowest BCUT2D eigenvalue weighted by molar-refractivity contribution is 0.332. The molecule has 0 spiro atoms. The highest BCUT2D eigenvalue weighted by Gasteiger charge is 2.15. The third-order valence-corrected chi connectivity index (χ3v) is 3.07. The average Bonchev–Trinajstić information content (AvgIpc) is 2.01. The van der Waals surface area contributed by atoms with Gasteiger partial charge < -0.3 is 11.1 Å². The fourth-order valence-electron chi connectivity index (χ4n) is 1.80. The fraction of sp³-hybridized carbons (Fsp3) is 1.00. The molecule has 1 saturated carbocycles. The maximum Gasteiger partial charge on any atom is 0.00670 e. The molecule has 78 valence electrons. The molecule has 1 unspecified atom stereocenters. The highest BCUT2D eigenvalue weighted by Crippen LogP contribution is 2.18. The van der Waals surface area contributed by atoms with Gasteiger partial charge in [-0.15, -0.1) is 0 Å². The lowest BCUT2D eigenvalue weighted by Gasteiger charge is -2.26. The minimum Gasteiger partial charge on any atom is -0.330 e. The first-order valence-corrected chi connectivity index (χ1v) is 5.76. The summed E-state index contributed by atoms with van der Waals surface area (Å²) in [5.41, 5.74) is 5.50. The number of nitrogens with two attached hydrogens (primary N) is 1. The number of hydrogen-bond acceptors (Lipinski definition) is 2. The van der Waals surface area contributed by atoms with Crippen LogP contribution in [0.15, 0.2) is 0 Å². The van der Waals surface area contributed by atoms with Crippen molar-refractivity contribution in [1.82, 2.24) is 5.32 Å². The Kier molecular flexibility index (Phi) is 5.40. The Morgan fingerprint density at radius 2 is 2.15 bits per heavy atom. The van der Waals surface area contributed by atoms with E-state index < -0.39 is 0 Å². The Hall–Kier alpha value is -0.0800. The van der Waals surface area contributed by atoms with Crippen LogP contribution in [0.3, 0.4) is 0 Å². The van der Waals surface area contributed by atoms with Gasteiger partial charge in [-0.3, -0.25) is 0 Å². The van der Waals surface area contributed by atoms with Gasteiger partial charge in [0.25, 0.3) is 0 Å². The minimum absolute atomic E-state index is 0.813. The standard InChI is InChI=1S/C11H24N2/c1-10(7-8-12)4-3-9-13-11-5-2-6-11/h10-11,13H,2-9,12H2,1H3. The maximum absolute atomic E-state index is 5.50. The molecule has 1 atom stereocenters. The zero-order chi connectivity index (χ0) is 9.52. The molecule has 0 aromatic rings. The molecule has 0 amide bonds. The molecule has 2 heteroatoms. The van der Waals surface area contributed by atoms with E-state index in [0.717, 1.165) is 18.5 Å². The van der Waals surface area contributed by atoms with Crippen LogP contribution < -0.4 is 11.1 Å². The molecule has 0 bridgehead atoms. The molecule has 1 aliphatic carbocycles. The summed E-state index contributed by atoms with van der Waals surface area (Å²) in [5.74, 6) is 0.813. The summed E-state index contributed by atoms with van der Waals surface area (Å²) in [6.45, 7) is 4.35. The minimum atomic E-state index is 0.813. The van der Waals surface area contributed by atoms with Crippen LogP contribution >= 0.6 is 0 Å². The summed E-state index contributed by atoms with van der Waals surface area (Å²) >= 11 is 0. The van der Waals surface area contributed by atoms with Crippen LogP contribution in [-0.2, 0) is 0 Å². The molecule has 0 saturated heterocycles. The van der Waals surface area contributed by atoms with Crippen molar-refractivity contribution < 1.29 is 0 Å². The second kappa shape index (κ2) is 6.39. The summed E-state index contributed by atoms with van der Waals surface area (Å²) in [6, 6.07) is 0.852. The Balaban J connectivity index is 1.82. The van der Waals surface area contributed by atoms with E-state index >= 15 is 0 Å². The topological polar surface area (TPSA) is 38.0 Å². The van der Waals surface area contributed by atoms with Crippen LogP contribution in [-0.4, -0.2) is 19.1 Å². The highest BCUT2D eigenvalue weighted by molar-refractivity contribution is 4.75. The van der Waals surface area contributed by atoms with Crippen LogP contribution in [0.1, 0.15) is 45.4 Å². The van der Waals surface area contributed by atoms with E-state index in [2.05, 4.69) is 12.2 Å². The summed E-state index contributed by atoms with van der Waals surface area (Å²) in [4.78, 5) is 0. The SMILES string of the molecule is CC(CCN)CCCNC1CCC1. The van der Waals surface area contributed by atoms with E-state index in [1.54, 1.807) is 0 Å². The normalized spacial score (nSPS) is 19.8. The summed E-state index contributed by atoms with van der Waals surface area (Å²) < 4.78 is 0. The summed E-state index contributed by atoms with van der Waals surface area (Å²) in [5, 5.41) is 3.59. The van der Waals surface area contributed by atoms with E-state index in [9.17, 15) is 0 Å². The number of rotatable bonds is 7. The van der Waals surface area contributed by atoms with E-state index in [1.165, 1.54) is 45.1 Å². The lowest BCUT2D eigenvalue weighted by atomic mass is 9.93. The fourth-order valence-corrected chi connectivity index (χ4v) is 1.80. The predicted octanol–water partition coefficient (Wildman–Crippen LogP) is 1.89. The van der Waals surface area contributed by atoms with Crippen molar-refractivity contribution in [3.8, 4) is 0 Å². The van der Waals surface area contributed by atoms with Gasteiger partial charge in [0.15, 0.2) is 0 Å². The Bertz CT molecular complexity index is 121. The molecule has 3 N–H and O–H groups in total. The molecular weight excluding hydrogens is 160 g/mol. The molecule has 2 nitrogen and oxygen atoms in total. The summed E-state index contributed by atoms with van der Waals surface area (Å²) in [6.07, 6.45) is 8.07. The monoisotopic (exact) mass is 184 g/mol. The van der Waals surface area contributed by atoms with Crippen LogP contribution in [0.5, 0.6) is 0 Å². The summed E-state index contributed by atoms with van der Waals surface area (Å²) in [7, 11) is 0. The van der Waals surface area contributed by atoms with Gasteiger partial charge >= 0.3 is 0 Å². The van der Waals surface area contributed by atoms with E-state index in [1.807, 2.05) is 0 Å². The van der Waals surface area contributed by atoms with E-state index in [-0.39, 0.29) is 0 Å². The third-order valence-electron chi connectivity index (χ3n) is 3.07. The molecule has 0 aromatic heterocycles. The van der Waals surface area contributed by atoms with Crippen molar-refractivity contribution in [1.29, 1.82) is 0 Å². The lowest BCUT2D eigenvalue weighted by Crippen LogP contribution is -2.35. The van der Waals surface area contributed by atoms with Crippen molar-refractivity contribution in [3.63, 3.8) is 0 Å². The van der Waals surface area contributed by atoms with Crippen LogP contribution in [0, 0.1) is 5.92 Å². The van der Waals surface area contributed by atoms with Crippen LogP contribution in [0.4, 0.5) is 0 Å². The quantitative estimate of drug-likeness (QED) is 0.593. The maximum atomic E-state index is 5.50. The molecule has 13 heavy (non-hydrogen) atoms. The Morgan fingerprint density at radius 3 is 2.69 bits per heavy atom. The van der Waals surface area contributed by atoms with E-state index in [4.69, 9.17) is 5.73 Å². The average molecular weight is 184 g/mol. The van der Waals surface area contributed by atoms with Crippen LogP contribution in [0.25, 0.3) is 0 Å². The van der Waals surface area contributed by atoms with Gasteiger partial charge in [-0.2, -0.15) is 0 Å². The molecule has 0 radical (unpaired) electrons. The van der Waals surface area contributed by atoms with Crippen molar-refractivity contribution in [2.45, 2.75) is 51.5 Å². The molecule has 0 heterocycles. The van der Waals surface area contributed by atoms with Gasteiger partial charge in [-0.1, -0.05) is 13.3 Å². The van der Waals surface area contributed by atoms with E-state index in [0.29, 0.717) is 0 Å². The zero-order valence-corrected chi connectivity index (χ0v) is 8.89. The van der Waals surface area contributed by atoms with Gasteiger partial charge in [-0.25, -0.2) is 0 Å². The molecule has 1 fully saturated rings. The first kappa shape index (κ1) is 11.0. The number of hydrogen-bond donors (Lipinski definition) is 2. The highest BCUT2D eigenvalue weighted by atomic mass is 14.9. The van der Waals surface area contributed by atoms with Crippen molar-refractivity contribution in [2.75, 3.05) is 13.1 Å². The van der Waals surface area contributed by atoms with Gasteiger partial charge in [-0.05, 0) is 51.1 Å². The predicted molar refractivity (Wildman–Crippen MR) is 57.7 cm³/mol. The molecule has 0 aliphatic heterocycles. The molecule has 0 aromatic carbocycles. The van der Waals surface area contributed by atoms with Crippen LogP contribution in [0.2, 0.25) is 0 Å². The third kappa shape index (κ3) is 4.63. The smallest absolute Gasteiger partial charge is 0.00670 e. The van der Waals surface area contributed by atoms with Gasteiger partial charge in [0.05, 0.1) is 0 Å². The van der Waals surface area contributed by atoms with Gasteiger partial charge in [0.1, 0.15) is 0 Å². The zero-order valence-electron chi connectivity index (χ0n) is 8.89. The second-order valence-corrected chi connectivity index (χ2v) is 4.41. The first-order valence-electron chi connectivity index (χ1n) is 5.76. The molecular formula is C11H24N2. The number of nitrogens with one attached hydrogen (secondary N) is 1. The first-order chi connectivity index (χ1) is 6.33.